The zero-order valence-electron chi connectivity index (χ0n) is 24.3. The van der Waals surface area contributed by atoms with Crippen molar-refractivity contribution < 1.29 is 20.0 Å². The Morgan fingerprint density at radius 2 is 0.975 bits per heavy atom. The summed E-state index contributed by atoms with van der Waals surface area (Å²) >= 11 is 0.708. The van der Waals surface area contributed by atoms with Gasteiger partial charge in [-0.3, -0.25) is 0 Å². The molecule has 2 amide bonds. The molecule has 2 rings (SSSR count). The average Bonchev–Trinajstić information content (AvgIpc) is 2.91. The Hall–Kier alpha value is -2.64. The third kappa shape index (κ3) is 11.5. The van der Waals surface area contributed by atoms with Gasteiger partial charge in [0.1, 0.15) is 0 Å². The molecule has 0 saturated heterocycles. The third-order valence-corrected chi connectivity index (χ3v) is 13.5. The molecule has 2 aromatic rings. The van der Waals surface area contributed by atoms with Crippen LogP contribution in [0, 0.1) is 0 Å². The molecule has 40 heavy (non-hydrogen) atoms. The minimum absolute atomic E-state index is 0.0502. The Bertz CT molecular complexity index is 1070. The first-order chi connectivity index (χ1) is 18.8. The van der Waals surface area contributed by atoms with E-state index in [1.807, 2.05) is 48.5 Å². The van der Waals surface area contributed by atoms with E-state index in [4.69, 9.17) is 0 Å². The second-order valence-electron chi connectivity index (χ2n) is 11.5. The number of amides is 2. The van der Waals surface area contributed by atoms with Gasteiger partial charge in [0.15, 0.2) is 0 Å². The Morgan fingerprint density at radius 1 is 0.650 bits per heavy atom. The molecule has 0 radical (unpaired) electrons. The average molecular weight is 681 g/mol. The number of rotatable bonds is 13. The van der Waals surface area contributed by atoms with Crippen molar-refractivity contribution in [1.29, 1.82) is 0 Å². The molecule has 0 aliphatic heterocycles. The van der Waals surface area contributed by atoms with Gasteiger partial charge < -0.3 is 0 Å². The standard InChI is InChI=1S/C30H42N4O4Se2/c1-29(2,3)23-11-7-21(8-12-23)19-25(33-37)27(35)31-15-17-39-40-18-16-32-28(36)26(34-38)20-22-9-13-24(14-10-22)30(4,5)6/h7-14,37-38H,15-20H2,1-6H3,(H,31,35)(H,32,36). The van der Waals surface area contributed by atoms with Gasteiger partial charge >= 0.3 is 250 Å². The first kappa shape index (κ1) is 33.6. The van der Waals surface area contributed by atoms with Crippen molar-refractivity contribution in [2.24, 2.45) is 10.3 Å². The molecule has 0 aromatic heterocycles. The summed E-state index contributed by atoms with van der Waals surface area (Å²) in [4.78, 5) is 24.9. The summed E-state index contributed by atoms with van der Waals surface area (Å²) in [5, 5.41) is 32.5. The first-order valence-corrected chi connectivity index (χ1v) is 20.0. The summed E-state index contributed by atoms with van der Waals surface area (Å²) in [5.74, 6) is -0.719. The van der Waals surface area contributed by atoms with E-state index in [1.54, 1.807) is 0 Å². The molecule has 0 unspecified atom stereocenters. The maximum atomic E-state index is 12.4. The molecule has 8 nitrogen and oxygen atoms in total. The molecule has 0 heterocycles. The topological polar surface area (TPSA) is 123 Å². The fraction of sp³-hybridized carbons (Fsp3) is 0.467. The van der Waals surface area contributed by atoms with Gasteiger partial charge in [-0.1, -0.05) is 0 Å². The van der Waals surface area contributed by atoms with Crippen molar-refractivity contribution in [3.05, 3.63) is 70.8 Å². The molecule has 0 aliphatic carbocycles. The zero-order chi connectivity index (χ0) is 29.8. The molecule has 0 atom stereocenters. The monoisotopic (exact) mass is 682 g/mol. The molecular formula is C30H42N4O4Se2. The Balaban J connectivity index is 1.63. The number of carbonyl (C=O) groups excluding carboxylic acids is 2. The number of carbonyl (C=O) groups is 2. The number of hydrogen-bond acceptors (Lipinski definition) is 6. The van der Waals surface area contributed by atoms with Crippen LogP contribution >= 0.6 is 0 Å². The fourth-order valence-electron chi connectivity index (χ4n) is 3.69. The van der Waals surface area contributed by atoms with E-state index in [0.29, 0.717) is 39.4 Å². The van der Waals surface area contributed by atoms with Crippen LogP contribution in [0.25, 0.3) is 0 Å². The van der Waals surface area contributed by atoms with E-state index in [9.17, 15) is 20.0 Å². The minimum atomic E-state index is -0.359. The van der Waals surface area contributed by atoms with E-state index >= 15 is 0 Å². The van der Waals surface area contributed by atoms with Gasteiger partial charge in [0.25, 0.3) is 0 Å². The van der Waals surface area contributed by atoms with E-state index in [2.05, 4.69) is 62.5 Å². The molecule has 218 valence electrons. The summed E-state index contributed by atoms with van der Waals surface area (Å²) < 4.78 is 0. The van der Waals surface area contributed by atoms with Crippen LogP contribution in [0.5, 0.6) is 0 Å². The van der Waals surface area contributed by atoms with Crippen molar-refractivity contribution >= 4 is 49.5 Å². The Kier molecular flexibility index (Phi) is 13.4. The second kappa shape index (κ2) is 16.0. The van der Waals surface area contributed by atoms with Crippen molar-refractivity contribution in [3.63, 3.8) is 0 Å². The summed E-state index contributed by atoms with van der Waals surface area (Å²) in [6, 6.07) is 16.0. The van der Waals surface area contributed by atoms with E-state index < -0.39 is 0 Å². The van der Waals surface area contributed by atoms with E-state index in [-0.39, 0.29) is 46.9 Å². The van der Waals surface area contributed by atoms with Gasteiger partial charge in [0.2, 0.25) is 0 Å². The van der Waals surface area contributed by atoms with Crippen molar-refractivity contribution in [2.45, 2.75) is 75.9 Å². The second-order valence-corrected chi connectivity index (χ2v) is 19.3. The molecule has 4 N–H and O–H groups in total. The van der Waals surface area contributed by atoms with Gasteiger partial charge in [-0.05, 0) is 0 Å². The van der Waals surface area contributed by atoms with Crippen LogP contribution < -0.4 is 10.6 Å². The predicted octanol–water partition coefficient (Wildman–Crippen LogP) is 4.12. The number of nitrogens with one attached hydrogen (secondary N) is 2. The molecule has 0 fully saturated rings. The van der Waals surface area contributed by atoms with Crippen molar-refractivity contribution in [2.75, 3.05) is 13.1 Å². The van der Waals surface area contributed by atoms with Crippen LogP contribution in [0.1, 0.15) is 63.8 Å². The molecular weight excluding hydrogens is 638 g/mol. The van der Waals surface area contributed by atoms with Crippen molar-refractivity contribution in [1.82, 2.24) is 10.6 Å². The van der Waals surface area contributed by atoms with Gasteiger partial charge in [0.05, 0.1) is 0 Å². The molecule has 0 saturated carbocycles. The number of benzene rings is 2. The van der Waals surface area contributed by atoms with Crippen molar-refractivity contribution in [3.8, 4) is 0 Å². The van der Waals surface area contributed by atoms with Crippen LogP contribution in [0.2, 0.25) is 10.6 Å². The van der Waals surface area contributed by atoms with Crippen LogP contribution in [-0.2, 0) is 33.3 Å². The van der Waals surface area contributed by atoms with Crippen LogP contribution in [-0.4, -0.2) is 73.0 Å². The Labute approximate surface area is 249 Å². The third-order valence-electron chi connectivity index (χ3n) is 6.17. The number of hydrogen-bond donors (Lipinski definition) is 4. The van der Waals surface area contributed by atoms with Gasteiger partial charge in [-0.15, -0.1) is 0 Å². The number of nitrogens with zero attached hydrogens (tertiary/aromatic N) is 2. The van der Waals surface area contributed by atoms with E-state index in [0.717, 1.165) is 21.8 Å². The molecule has 0 bridgehead atoms. The number of oxime groups is 2. The molecule has 10 heteroatoms. The molecule has 0 aliphatic rings. The van der Waals surface area contributed by atoms with Gasteiger partial charge in [-0.25, -0.2) is 0 Å². The zero-order valence-corrected chi connectivity index (χ0v) is 27.7. The quantitative estimate of drug-likeness (QED) is 0.0836. The summed E-state index contributed by atoms with van der Waals surface area (Å²) in [6.45, 7) is 13.9. The van der Waals surface area contributed by atoms with Gasteiger partial charge in [-0.2, -0.15) is 0 Å². The van der Waals surface area contributed by atoms with Crippen LogP contribution in [0.15, 0.2) is 58.8 Å². The predicted molar refractivity (Wildman–Crippen MR) is 163 cm³/mol. The maximum absolute atomic E-state index is 12.4. The first-order valence-electron chi connectivity index (χ1n) is 13.3. The van der Waals surface area contributed by atoms with Gasteiger partial charge in [0, 0.05) is 0 Å². The van der Waals surface area contributed by atoms with Crippen LogP contribution in [0.4, 0.5) is 0 Å². The summed E-state index contributed by atoms with van der Waals surface area (Å²) in [5.41, 5.74) is 4.53. The fourth-order valence-corrected chi connectivity index (χ4v) is 9.35. The Morgan fingerprint density at radius 3 is 1.25 bits per heavy atom. The SMILES string of the molecule is CC(C)(C)c1ccc(CC(=NO)C(=O)NCC[Se][Se]CCNC(=O)C(Cc2ccc(C(C)(C)C)cc2)=NO)cc1. The molecule has 0 spiro atoms. The van der Waals surface area contributed by atoms with E-state index in [1.165, 1.54) is 11.1 Å². The summed E-state index contributed by atoms with van der Waals surface area (Å²) in [7, 11) is 0. The van der Waals surface area contributed by atoms with Crippen LogP contribution in [0.3, 0.4) is 0 Å². The molecule has 2 aromatic carbocycles. The normalized spacial score (nSPS) is 12.8. The summed E-state index contributed by atoms with van der Waals surface area (Å²) in [6.07, 6.45) is 0.534.